The Morgan fingerprint density at radius 3 is 2.61 bits per heavy atom. The molecule has 2 N–H and O–H groups in total. The number of fused-ring (bicyclic) bond motifs is 1. The molecule has 0 radical (unpaired) electrons. The van der Waals surface area contributed by atoms with Gasteiger partial charge < -0.3 is 10.6 Å². The van der Waals surface area contributed by atoms with E-state index in [1.54, 1.807) is 0 Å². The number of rotatable bonds is 4. The summed E-state index contributed by atoms with van der Waals surface area (Å²) in [5, 5.41) is 16.7. The van der Waals surface area contributed by atoms with E-state index in [4.69, 9.17) is 0 Å². The molecule has 0 unspecified atom stereocenters. The smallest absolute Gasteiger partial charge is 0.319 e. The molecule has 7 nitrogen and oxygen atoms in total. The van der Waals surface area contributed by atoms with Crippen molar-refractivity contribution in [2.24, 2.45) is 0 Å². The van der Waals surface area contributed by atoms with Crippen LogP contribution in [0.3, 0.4) is 0 Å². The molecular weight excluding hydrogens is 316 g/mol. The molecule has 0 spiro atoms. The zero-order valence-corrected chi connectivity index (χ0v) is 12.7. The van der Waals surface area contributed by atoms with Gasteiger partial charge in [-0.15, -0.1) is 11.3 Å². The van der Waals surface area contributed by atoms with Gasteiger partial charge in [-0.25, -0.2) is 9.78 Å². The van der Waals surface area contributed by atoms with E-state index in [9.17, 15) is 14.9 Å². The van der Waals surface area contributed by atoms with Gasteiger partial charge in [-0.3, -0.25) is 10.1 Å². The maximum atomic E-state index is 11.8. The number of anilines is 1. The summed E-state index contributed by atoms with van der Waals surface area (Å²) in [5.41, 5.74) is 1.37. The molecule has 0 fully saturated rings. The fraction of sp³-hybridized carbons (Fsp3) is 0.0667. The first kappa shape index (κ1) is 14.9. The Morgan fingerprint density at radius 2 is 1.91 bits per heavy atom. The standard InChI is InChI=1S/C15H12N4O3S/c20-15(17-10-5-7-11(8-6-10)19(21)22)16-9-14-18-12-3-1-2-4-13(12)23-14/h1-8H,9H2,(H2,16,17,20). The summed E-state index contributed by atoms with van der Waals surface area (Å²) in [4.78, 5) is 26.3. The summed E-state index contributed by atoms with van der Waals surface area (Å²) in [5.74, 6) is 0. The minimum Gasteiger partial charge on any atom is -0.331 e. The fourth-order valence-electron chi connectivity index (χ4n) is 1.99. The molecule has 0 aliphatic rings. The number of amides is 2. The average molecular weight is 328 g/mol. The molecule has 1 heterocycles. The van der Waals surface area contributed by atoms with Crippen molar-refractivity contribution in [1.29, 1.82) is 0 Å². The molecule has 2 amide bonds. The van der Waals surface area contributed by atoms with Crippen LogP contribution in [-0.2, 0) is 6.54 Å². The molecule has 23 heavy (non-hydrogen) atoms. The average Bonchev–Trinajstić information content (AvgIpc) is 2.96. The van der Waals surface area contributed by atoms with Crippen molar-refractivity contribution < 1.29 is 9.72 Å². The molecule has 2 aromatic carbocycles. The predicted molar refractivity (Wildman–Crippen MR) is 88.6 cm³/mol. The van der Waals surface area contributed by atoms with Gasteiger partial charge in [-0.1, -0.05) is 12.1 Å². The quantitative estimate of drug-likeness (QED) is 0.565. The highest BCUT2D eigenvalue weighted by Crippen LogP contribution is 2.21. The lowest BCUT2D eigenvalue weighted by molar-refractivity contribution is -0.384. The first-order valence-electron chi connectivity index (χ1n) is 6.75. The molecule has 8 heteroatoms. The molecule has 0 saturated heterocycles. The molecule has 0 aliphatic heterocycles. The van der Waals surface area contributed by atoms with Gasteiger partial charge in [0.1, 0.15) is 5.01 Å². The second-order valence-corrected chi connectivity index (χ2v) is 5.80. The second kappa shape index (κ2) is 6.41. The van der Waals surface area contributed by atoms with E-state index < -0.39 is 11.0 Å². The van der Waals surface area contributed by atoms with Crippen LogP contribution in [0.2, 0.25) is 0 Å². The third kappa shape index (κ3) is 3.61. The number of nitro groups is 1. The van der Waals surface area contributed by atoms with Crippen molar-refractivity contribution in [2.75, 3.05) is 5.32 Å². The van der Waals surface area contributed by atoms with Crippen LogP contribution in [0.25, 0.3) is 10.2 Å². The number of carbonyl (C=O) groups excluding carboxylic acids is 1. The molecule has 3 aromatic rings. The van der Waals surface area contributed by atoms with Gasteiger partial charge in [0.2, 0.25) is 0 Å². The molecule has 116 valence electrons. The maximum absolute atomic E-state index is 11.8. The van der Waals surface area contributed by atoms with Crippen LogP contribution >= 0.6 is 11.3 Å². The van der Waals surface area contributed by atoms with Crippen LogP contribution in [0.15, 0.2) is 48.5 Å². The highest BCUT2D eigenvalue weighted by molar-refractivity contribution is 7.18. The number of carbonyl (C=O) groups is 1. The van der Waals surface area contributed by atoms with E-state index in [-0.39, 0.29) is 5.69 Å². The Balaban J connectivity index is 1.57. The lowest BCUT2D eigenvalue weighted by atomic mass is 10.3. The highest BCUT2D eigenvalue weighted by Gasteiger charge is 2.08. The normalized spacial score (nSPS) is 10.4. The van der Waals surface area contributed by atoms with Crippen molar-refractivity contribution in [3.63, 3.8) is 0 Å². The first-order valence-corrected chi connectivity index (χ1v) is 7.57. The van der Waals surface area contributed by atoms with Gasteiger partial charge in [0.05, 0.1) is 21.7 Å². The number of aromatic nitrogens is 1. The molecule has 3 rings (SSSR count). The minimum atomic E-state index is -0.489. The van der Waals surface area contributed by atoms with Crippen LogP contribution < -0.4 is 10.6 Å². The molecular formula is C15H12N4O3S. The van der Waals surface area contributed by atoms with Crippen LogP contribution in [0.5, 0.6) is 0 Å². The highest BCUT2D eigenvalue weighted by atomic mass is 32.1. The Morgan fingerprint density at radius 1 is 1.17 bits per heavy atom. The van der Waals surface area contributed by atoms with Gasteiger partial charge >= 0.3 is 6.03 Å². The Labute approximate surface area is 135 Å². The molecule has 0 saturated carbocycles. The van der Waals surface area contributed by atoms with E-state index in [1.807, 2.05) is 24.3 Å². The fourth-order valence-corrected chi connectivity index (χ4v) is 2.90. The van der Waals surface area contributed by atoms with Crippen molar-refractivity contribution in [1.82, 2.24) is 10.3 Å². The third-order valence-corrected chi connectivity index (χ3v) is 4.11. The number of nitrogens with one attached hydrogen (secondary N) is 2. The molecule has 0 bridgehead atoms. The monoisotopic (exact) mass is 328 g/mol. The number of thiazole rings is 1. The Bertz CT molecular complexity index is 828. The zero-order valence-electron chi connectivity index (χ0n) is 11.9. The summed E-state index contributed by atoms with van der Waals surface area (Å²) in [6, 6.07) is 13.0. The number of nitro benzene ring substituents is 1. The molecule has 0 aliphatic carbocycles. The van der Waals surface area contributed by atoms with Gasteiger partial charge in [-0.2, -0.15) is 0 Å². The van der Waals surface area contributed by atoms with E-state index >= 15 is 0 Å². The van der Waals surface area contributed by atoms with Crippen LogP contribution in [0.4, 0.5) is 16.2 Å². The number of hydrogen-bond acceptors (Lipinski definition) is 5. The van der Waals surface area contributed by atoms with Crippen LogP contribution in [0, 0.1) is 10.1 Å². The second-order valence-electron chi connectivity index (χ2n) is 4.69. The number of urea groups is 1. The summed E-state index contributed by atoms with van der Waals surface area (Å²) >= 11 is 1.52. The van der Waals surface area contributed by atoms with Gasteiger partial charge in [0.15, 0.2) is 0 Å². The number of para-hydroxylation sites is 1. The number of non-ortho nitro benzene ring substituents is 1. The van der Waals surface area contributed by atoms with E-state index in [1.165, 1.54) is 35.6 Å². The lowest BCUT2D eigenvalue weighted by Crippen LogP contribution is -2.28. The largest absolute Gasteiger partial charge is 0.331 e. The third-order valence-electron chi connectivity index (χ3n) is 3.07. The zero-order chi connectivity index (χ0) is 16.2. The summed E-state index contributed by atoms with van der Waals surface area (Å²) in [6.07, 6.45) is 0. The van der Waals surface area contributed by atoms with E-state index in [0.717, 1.165) is 15.2 Å². The van der Waals surface area contributed by atoms with Gasteiger partial charge in [0.25, 0.3) is 5.69 Å². The van der Waals surface area contributed by atoms with Crippen LogP contribution in [-0.4, -0.2) is 15.9 Å². The van der Waals surface area contributed by atoms with Crippen LogP contribution in [0.1, 0.15) is 5.01 Å². The SMILES string of the molecule is O=C(NCc1nc2ccccc2s1)Nc1ccc([N+](=O)[O-])cc1. The van der Waals surface area contributed by atoms with E-state index in [0.29, 0.717) is 12.2 Å². The summed E-state index contributed by atoms with van der Waals surface area (Å²) < 4.78 is 1.07. The predicted octanol–water partition coefficient (Wildman–Crippen LogP) is 3.53. The van der Waals surface area contributed by atoms with Gasteiger partial charge in [0, 0.05) is 17.8 Å². The summed E-state index contributed by atoms with van der Waals surface area (Å²) in [6.45, 7) is 0.318. The number of hydrogen-bond donors (Lipinski definition) is 2. The van der Waals surface area contributed by atoms with Crippen molar-refractivity contribution in [3.8, 4) is 0 Å². The van der Waals surface area contributed by atoms with E-state index in [2.05, 4.69) is 15.6 Å². The Kier molecular flexibility index (Phi) is 4.15. The summed E-state index contributed by atoms with van der Waals surface area (Å²) in [7, 11) is 0. The topological polar surface area (TPSA) is 97.2 Å². The number of benzene rings is 2. The van der Waals surface area contributed by atoms with Crippen molar-refractivity contribution in [2.45, 2.75) is 6.54 Å². The van der Waals surface area contributed by atoms with Gasteiger partial charge in [-0.05, 0) is 24.3 Å². The first-order chi connectivity index (χ1) is 11.1. The van der Waals surface area contributed by atoms with Crippen molar-refractivity contribution in [3.05, 3.63) is 63.7 Å². The molecule has 1 aromatic heterocycles. The lowest BCUT2D eigenvalue weighted by Gasteiger charge is -2.05. The minimum absolute atomic E-state index is 0.0227. The Hall–Kier alpha value is -3.00. The van der Waals surface area contributed by atoms with Crippen molar-refractivity contribution >= 4 is 39.0 Å². The number of nitrogens with zero attached hydrogens (tertiary/aromatic N) is 2. The maximum Gasteiger partial charge on any atom is 0.319 e. The molecule has 0 atom stereocenters.